The number of anilines is 1. The lowest BCUT2D eigenvalue weighted by Crippen LogP contribution is -2.18. The standard InChI is InChI=1S/C12H18N2O3/c1-7(6-15)5-13-11-10(12(16)17)8(2)4-9(3)14-11/h4,7,15H,5-6H2,1-3H3,(H,13,14)(H,16,17). The molecule has 0 spiro atoms. The molecule has 0 saturated carbocycles. The van der Waals surface area contributed by atoms with Gasteiger partial charge in [0.1, 0.15) is 11.4 Å². The normalized spacial score (nSPS) is 12.2. The summed E-state index contributed by atoms with van der Waals surface area (Å²) >= 11 is 0. The third kappa shape index (κ3) is 3.42. The van der Waals surface area contributed by atoms with Crippen LogP contribution in [-0.4, -0.2) is 34.3 Å². The Labute approximate surface area is 101 Å². The van der Waals surface area contributed by atoms with Crippen molar-refractivity contribution in [2.45, 2.75) is 20.8 Å². The number of aliphatic hydroxyl groups is 1. The fraction of sp³-hybridized carbons (Fsp3) is 0.500. The molecule has 0 aliphatic heterocycles. The second-order valence-electron chi connectivity index (χ2n) is 4.28. The molecule has 1 unspecified atom stereocenters. The van der Waals surface area contributed by atoms with E-state index in [1.54, 1.807) is 13.0 Å². The maximum atomic E-state index is 11.1. The van der Waals surface area contributed by atoms with Crippen LogP contribution in [0.25, 0.3) is 0 Å². The number of hydrogen-bond donors (Lipinski definition) is 3. The molecule has 0 aliphatic rings. The number of nitrogens with one attached hydrogen (secondary N) is 1. The number of aromatic carboxylic acids is 1. The maximum Gasteiger partial charge on any atom is 0.339 e. The summed E-state index contributed by atoms with van der Waals surface area (Å²) in [4.78, 5) is 15.3. The zero-order valence-electron chi connectivity index (χ0n) is 10.3. The predicted octanol–water partition coefficient (Wildman–Crippen LogP) is 1.44. The predicted molar refractivity (Wildman–Crippen MR) is 65.4 cm³/mol. The first-order valence-electron chi connectivity index (χ1n) is 5.52. The third-order valence-corrected chi connectivity index (χ3v) is 2.49. The van der Waals surface area contributed by atoms with E-state index in [0.717, 1.165) is 5.69 Å². The number of rotatable bonds is 5. The number of carbonyl (C=O) groups is 1. The number of pyridine rings is 1. The maximum absolute atomic E-state index is 11.1. The summed E-state index contributed by atoms with van der Waals surface area (Å²) in [5.41, 5.74) is 1.65. The Kier molecular flexibility index (Phi) is 4.45. The van der Waals surface area contributed by atoms with Gasteiger partial charge < -0.3 is 15.5 Å². The summed E-state index contributed by atoms with van der Waals surface area (Å²) in [5, 5.41) is 21.0. The van der Waals surface area contributed by atoms with Crippen LogP contribution in [0.4, 0.5) is 5.82 Å². The monoisotopic (exact) mass is 238 g/mol. The minimum absolute atomic E-state index is 0.0549. The number of aliphatic hydroxyl groups excluding tert-OH is 1. The van der Waals surface area contributed by atoms with E-state index >= 15 is 0 Å². The SMILES string of the molecule is Cc1cc(C)c(C(=O)O)c(NCC(C)CO)n1. The first kappa shape index (κ1) is 13.4. The molecule has 5 heteroatoms. The van der Waals surface area contributed by atoms with Crippen molar-refractivity contribution in [2.75, 3.05) is 18.5 Å². The minimum atomic E-state index is -0.992. The number of carboxylic acids is 1. The van der Waals surface area contributed by atoms with Crippen molar-refractivity contribution in [3.05, 3.63) is 22.9 Å². The van der Waals surface area contributed by atoms with Crippen LogP contribution < -0.4 is 5.32 Å². The second-order valence-corrected chi connectivity index (χ2v) is 4.28. The van der Waals surface area contributed by atoms with E-state index in [9.17, 15) is 4.79 Å². The highest BCUT2D eigenvalue weighted by atomic mass is 16.4. The minimum Gasteiger partial charge on any atom is -0.478 e. The molecule has 0 fully saturated rings. The molecule has 0 saturated heterocycles. The van der Waals surface area contributed by atoms with Gasteiger partial charge in [-0.05, 0) is 31.4 Å². The molecule has 1 aromatic rings. The van der Waals surface area contributed by atoms with Gasteiger partial charge in [0, 0.05) is 18.8 Å². The lowest BCUT2D eigenvalue weighted by atomic mass is 10.1. The molecular formula is C12H18N2O3. The van der Waals surface area contributed by atoms with Crippen molar-refractivity contribution in [3.63, 3.8) is 0 Å². The van der Waals surface area contributed by atoms with Crippen LogP contribution in [0, 0.1) is 19.8 Å². The van der Waals surface area contributed by atoms with Gasteiger partial charge in [-0.3, -0.25) is 0 Å². The highest BCUT2D eigenvalue weighted by Gasteiger charge is 2.15. The van der Waals surface area contributed by atoms with Gasteiger partial charge in [0.2, 0.25) is 0 Å². The lowest BCUT2D eigenvalue weighted by Gasteiger charge is -2.14. The Bertz CT molecular complexity index is 418. The average Bonchev–Trinajstić information content (AvgIpc) is 2.24. The fourth-order valence-electron chi connectivity index (χ4n) is 1.57. The average molecular weight is 238 g/mol. The first-order chi connectivity index (χ1) is 7.95. The van der Waals surface area contributed by atoms with Crippen molar-refractivity contribution in [1.29, 1.82) is 0 Å². The van der Waals surface area contributed by atoms with Gasteiger partial charge in [0.15, 0.2) is 0 Å². The molecular weight excluding hydrogens is 220 g/mol. The third-order valence-electron chi connectivity index (χ3n) is 2.49. The van der Waals surface area contributed by atoms with E-state index in [4.69, 9.17) is 10.2 Å². The number of aromatic nitrogens is 1. The Hall–Kier alpha value is -1.62. The van der Waals surface area contributed by atoms with Crippen molar-refractivity contribution in [1.82, 2.24) is 4.98 Å². The van der Waals surface area contributed by atoms with E-state index in [-0.39, 0.29) is 18.1 Å². The Morgan fingerprint density at radius 3 is 2.71 bits per heavy atom. The molecule has 17 heavy (non-hydrogen) atoms. The van der Waals surface area contributed by atoms with Gasteiger partial charge >= 0.3 is 5.97 Å². The highest BCUT2D eigenvalue weighted by molar-refractivity contribution is 5.94. The summed E-state index contributed by atoms with van der Waals surface area (Å²) < 4.78 is 0. The van der Waals surface area contributed by atoms with Gasteiger partial charge in [-0.2, -0.15) is 0 Å². The van der Waals surface area contributed by atoms with E-state index in [0.29, 0.717) is 17.9 Å². The van der Waals surface area contributed by atoms with E-state index in [1.807, 2.05) is 13.8 Å². The summed E-state index contributed by atoms with van der Waals surface area (Å²) in [7, 11) is 0. The van der Waals surface area contributed by atoms with Gasteiger partial charge in [-0.15, -0.1) is 0 Å². The second kappa shape index (κ2) is 5.63. The van der Waals surface area contributed by atoms with Crippen LogP contribution in [0.3, 0.4) is 0 Å². The van der Waals surface area contributed by atoms with Crippen LogP contribution in [-0.2, 0) is 0 Å². The summed E-state index contributed by atoms with van der Waals surface area (Å²) in [5.74, 6) is -0.566. The lowest BCUT2D eigenvalue weighted by molar-refractivity contribution is 0.0697. The number of nitrogens with zero attached hydrogens (tertiary/aromatic N) is 1. The quantitative estimate of drug-likeness (QED) is 0.723. The number of aryl methyl sites for hydroxylation is 2. The smallest absolute Gasteiger partial charge is 0.339 e. The molecule has 1 heterocycles. The molecule has 0 radical (unpaired) electrons. The number of hydrogen-bond acceptors (Lipinski definition) is 4. The van der Waals surface area contributed by atoms with Crippen LogP contribution in [0.1, 0.15) is 28.5 Å². The molecule has 0 bridgehead atoms. The molecule has 1 atom stereocenters. The van der Waals surface area contributed by atoms with Gasteiger partial charge in [0.05, 0.1) is 0 Å². The van der Waals surface area contributed by atoms with Gasteiger partial charge in [0.25, 0.3) is 0 Å². The molecule has 1 aromatic heterocycles. The van der Waals surface area contributed by atoms with E-state index in [2.05, 4.69) is 10.3 Å². The topological polar surface area (TPSA) is 82.5 Å². The highest BCUT2D eigenvalue weighted by Crippen LogP contribution is 2.18. The van der Waals surface area contributed by atoms with Crippen molar-refractivity contribution in [2.24, 2.45) is 5.92 Å². The van der Waals surface area contributed by atoms with Crippen LogP contribution in [0.15, 0.2) is 6.07 Å². The Morgan fingerprint density at radius 1 is 1.53 bits per heavy atom. The van der Waals surface area contributed by atoms with Crippen molar-refractivity contribution in [3.8, 4) is 0 Å². The Morgan fingerprint density at radius 2 is 2.18 bits per heavy atom. The zero-order chi connectivity index (χ0) is 13.0. The molecule has 0 aromatic carbocycles. The van der Waals surface area contributed by atoms with Gasteiger partial charge in [-0.25, -0.2) is 9.78 Å². The molecule has 0 amide bonds. The van der Waals surface area contributed by atoms with Crippen LogP contribution in [0.2, 0.25) is 0 Å². The van der Waals surface area contributed by atoms with Crippen LogP contribution >= 0.6 is 0 Å². The molecule has 5 nitrogen and oxygen atoms in total. The Balaban J connectivity index is 3.00. The van der Waals surface area contributed by atoms with Gasteiger partial charge in [-0.1, -0.05) is 6.92 Å². The largest absolute Gasteiger partial charge is 0.478 e. The van der Waals surface area contributed by atoms with E-state index < -0.39 is 5.97 Å². The van der Waals surface area contributed by atoms with Crippen molar-refractivity contribution >= 4 is 11.8 Å². The molecule has 0 aliphatic carbocycles. The van der Waals surface area contributed by atoms with Crippen molar-refractivity contribution < 1.29 is 15.0 Å². The summed E-state index contributed by atoms with van der Waals surface area (Å²) in [6, 6.07) is 1.74. The van der Waals surface area contributed by atoms with E-state index in [1.165, 1.54) is 0 Å². The molecule has 1 rings (SSSR count). The molecule has 94 valence electrons. The number of carboxylic acid groups (broad SMARTS) is 1. The molecule has 3 N–H and O–H groups in total. The first-order valence-corrected chi connectivity index (χ1v) is 5.52. The summed E-state index contributed by atoms with van der Waals surface area (Å²) in [6.07, 6.45) is 0. The zero-order valence-corrected chi connectivity index (χ0v) is 10.3. The fourth-order valence-corrected chi connectivity index (χ4v) is 1.57. The van der Waals surface area contributed by atoms with Crippen LogP contribution in [0.5, 0.6) is 0 Å². The summed E-state index contributed by atoms with van der Waals surface area (Å²) in [6.45, 7) is 5.99.